The third-order valence-electron chi connectivity index (χ3n) is 6.28. The molecule has 5 rings (SSSR count). The van der Waals surface area contributed by atoms with E-state index in [1.807, 2.05) is 0 Å². The van der Waals surface area contributed by atoms with E-state index in [1.54, 1.807) is 35.9 Å². The lowest BCUT2D eigenvalue weighted by atomic mass is 10.0. The largest absolute Gasteiger partial charge is 0.406 e. The van der Waals surface area contributed by atoms with Crippen LogP contribution in [-0.2, 0) is 16.1 Å². The Hall–Kier alpha value is -3.73. The van der Waals surface area contributed by atoms with Crippen molar-refractivity contribution in [2.75, 3.05) is 11.9 Å². The number of ether oxygens (including phenoxy) is 1. The molecule has 0 radical (unpaired) electrons. The van der Waals surface area contributed by atoms with Crippen LogP contribution in [0.2, 0.25) is 0 Å². The van der Waals surface area contributed by atoms with Crippen LogP contribution in [-0.4, -0.2) is 38.0 Å². The maximum Gasteiger partial charge on any atom is 0.406 e. The number of carbonyl (C=O) groups is 1. The number of alkyl halides is 3. The molecule has 1 aromatic carbocycles. The Morgan fingerprint density at radius 2 is 2.06 bits per heavy atom. The van der Waals surface area contributed by atoms with Gasteiger partial charge in [0.2, 0.25) is 5.91 Å². The number of nitrogens with zero attached hydrogens (tertiary/aromatic N) is 4. The third kappa shape index (κ3) is 4.46. The van der Waals surface area contributed by atoms with Gasteiger partial charge in [-0.3, -0.25) is 14.2 Å². The third-order valence-corrected chi connectivity index (χ3v) is 6.28. The molecule has 36 heavy (non-hydrogen) atoms. The highest BCUT2D eigenvalue weighted by Gasteiger charge is 2.31. The maximum atomic E-state index is 13.6. The van der Waals surface area contributed by atoms with Crippen LogP contribution in [0.3, 0.4) is 0 Å². The molecule has 1 N–H and O–H groups in total. The molecule has 1 amide bonds. The number of nitrogens with one attached hydrogen (secondary N) is 1. The van der Waals surface area contributed by atoms with Gasteiger partial charge >= 0.3 is 6.18 Å². The van der Waals surface area contributed by atoms with Crippen LogP contribution < -0.4 is 10.9 Å². The van der Waals surface area contributed by atoms with Gasteiger partial charge in [0, 0.05) is 30.2 Å². The summed E-state index contributed by atoms with van der Waals surface area (Å²) in [7, 11) is 0. The monoisotopic (exact) mass is 499 g/mol. The van der Waals surface area contributed by atoms with E-state index >= 15 is 0 Å². The maximum absolute atomic E-state index is 13.6. The van der Waals surface area contributed by atoms with Gasteiger partial charge in [0.1, 0.15) is 12.4 Å². The molecule has 188 valence electrons. The number of carbonyl (C=O) groups excluding carboxylic acids is 1. The first-order valence-corrected chi connectivity index (χ1v) is 11.7. The molecule has 1 atom stereocenters. The zero-order valence-electron chi connectivity index (χ0n) is 19.5. The molecule has 1 fully saturated rings. The van der Waals surface area contributed by atoms with E-state index in [9.17, 15) is 22.8 Å². The molecule has 11 heteroatoms. The van der Waals surface area contributed by atoms with Gasteiger partial charge in [-0.1, -0.05) is 19.1 Å². The van der Waals surface area contributed by atoms with Gasteiger partial charge in [0.25, 0.3) is 5.56 Å². The van der Waals surface area contributed by atoms with Crippen molar-refractivity contribution in [3.8, 4) is 11.1 Å². The van der Waals surface area contributed by atoms with Crippen LogP contribution in [0.1, 0.15) is 38.8 Å². The molecular weight excluding hydrogens is 475 g/mol. The molecular formula is C25H24F3N5O3. The first-order valence-electron chi connectivity index (χ1n) is 11.7. The van der Waals surface area contributed by atoms with E-state index in [-0.39, 0.29) is 29.0 Å². The summed E-state index contributed by atoms with van der Waals surface area (Å²) in [6, 6.07) is 8.33. The molecule has 1 aliphatic rings. The molecule has 0 aliphatic carbocycles. The Morgan fingerprint density at radius 3 is 2.78 bits per heavy atom. The standard InChI is InChI=1S/C25H24F3N5O3/c1-2-20(34)31-23-16(6-5-10-29-23)15-8-9-17-19(12-15)32(14-25(26,27)28)24(35)18-13-30-33(22(17)18)21-7-3-4-11-36-21/h5-6,8-10,12-13,21H,2-4,7,11,14H2,1H3,(H,29,31,34). The van der Waals surface area contributed by atoms with Crippen molar-refractivity contribution in [2.24, 2.45) is 0 Å². The van der Waals surface area contributed by atoms with Crippen molar-refractivity contribution >= 4 is 33.5 Å². The van der Waals surface area contributed by atoms with E-state index in [0.717, 1.165) is 17.4 Å². The second kappa shape index (κ2) is 9.38. The molecule has 0 saturated carbocycles. The Bertz CT molecular complexity index is 1500. The molecule has 0 bridgehead atoms. The predicted octanol–water partition coefficient (Wildman–Crippen LogP) is 5.02. The Labute approximate surface area is 203 Å². The fourth-order valence-electron chi connectivity index (χ4n) is 4.59. The van der Waals surface area contributed by atoms with E-state index < -0.39 is 24.5 Å². The first-order chi connectivity index (χ1) is 17.3. The summed E-state index contributed by atoms with van der Waals surface area (Å²) in [6.45, 7) is 0.806. The summed E-state index contributed by atoms with van der Waals surface area (Å²) in [4.78, 5) is 29.5. The summed E-state index contributed by atoms with van der Waals surface area (Å²) in [5.74, 6) is 0.0398. The number of aromatic nitrogens is 4. The summed E-state index contributed by atoms with van der Waals surface area (Å²) in [5, 5.41) is 7.62. The van der Waals surface area contributed by atoms with Crippen LogP contribution in [0.25, 0.3) is 32.9 Å². The lowest BCUT2D eigenvalue weighted by Gasteiger charge is -2.24. The number of halogens is 3. The highest BCUT2D eigenvalue weighted by molar-refractivity contribution is 6.05. The number of hydrogen-bond donors (Lipinski definition) is 1. The van der Waals surface area contributed by atoms with E-state index in [1.165, 1.54) is 18.5 Å². The number of anilines is 1. The number of pyridine rings is 2. The number of rotatable bonds is 5. The minimum atomic E-state index is -4.61. The lowest BCUT2D eigenvalue weighted by Crippen LogP contribution is -2.29. The quantitative estimate of drug-likeness (QED) is 0.416. The van der Waals surface area contributed by atoms with Crippen LogP contribution in [0.5, 0.6) is 0 Å². The van der Waals surface area contributed by atoms with Crippen molar-refractivity contribution in [1.82, 2.24) is 19.3 Å². The van der Waals surface area contributed by atoms with Gasteiger partial charge in [-0.2, -0.15) is 18.3 Å². The van der Waals surface area contributed by atoms with Gasteiger partial charge in [-0.05, 0) is 43.0 Å². The summed E-state index contributed by atoms with van der Waals surface area (Å²) < 4.78 is 48.9. The normalized spacial score (nSPS) is 16.5. The number of benzene rings is 1. The van der Waals surface area contributed by atoms with Crippen molar-refractivity contribution < 1.29 is 22.7 Å². The minimum Gasteiger partial charge on any atom is -0.356 e. The Balaban J connectivity index is 1.76. The minimum absolute atomic E-state index is 0.103. The van der Waals surface area contributed by atoms with Gasteiger partial charge in [-0.25, -0.2) is 9.67 Å². The average molecular weight is 499 g/mol. The van der Waals surface area contributed by atoms with Gasteiger partial charge < -0.3 is 10.1 Å². The Kier molecular flexibility index (Phi) is 6.25. The van der Waals surface area contributed by atoms with Crippen LogP contribution in [0, 0.1) is 0 Å². The van der Waals surface area contributed by atoms with Crippen molar-refractivity contribution in [1.29, 1.82) is 0 Å². The molecule has 1 aliphatic heterocycles. The van der Waals surface area contributed by atoms with Crippen molar-refractivity contribution in [3.05, 3.63) is 53.1 Å². The van der Waals surface area contributed by atoms with Crippen molar-refractivity contribution in [3.63, 3.8) is 0 Å². The zero-order valence-corrected chi connectivity index (χ0v) is 19.5. The summed E-state index contributed by atoms with van der Waals surface area (Å²) >= 11 is 0. The molecule has 4 heterocycles. The van der Waals surface area contributed by atoms with Crippen molar-refractivity contribution in [2.45, 2.75) is 51.6 Å². The van der Waals surface area contributed by atoms with Gasteiger partial charge in [-0.15, -0.1) is 0 Å². The zero-order chi connectivity index (χ0) is 25.4. The first kappa shape index (κ1) is 24.0. The average Bonchev–Trinajstić information content (AvgIpc) is 3.32. The van der Waals surface area contributed by atoms with E-state index in [0.29, 0.717) is 35.1 Å². The summed E-state index contributed by atoms with van der Waals surface area (Å²) in [5.41, 5.74) is 0.807. The molecule has 4 aromatic rings. The predicted molar refractivity (Wildman–Crippen MR) is 129 cm³/mol. The highest BCUT2D eigenvalue weighted by Crippen LogP contribution is 2.34. The SMILES string of the molecule is CCC(=O)Nc1ncccc1-c1ccc2c3c(cnn3C3CCCCO3)c(=O)n(CC(F)(F)F)c2c1. The topological polar surface area (TPSA) is 91.0 Å². The van der Waals surface area contributed by atoms with Gasteiger partial charge in [0.05, 0.1) is 22.6 Å². The fourth-order valence-corrected chi connectivity index (χ4v) is 4.59. The summed E-state index contributed by atoms with van der Waals surface area (Å²) in [6.07, 6.45) is 0.592. The second-order valence-electron chi connectivity index (χ2n) is 8.71. The van der Waals surface area contributed by atoms with Crippen LogP contribution in [0.4, 0.5) is 19.0 Å². The molecule has 1 unspecified atom stereocenters. The smallest absolute Gasteiger partial charge is 0.356 e. The molecule has 0 spiro atoms. The van der Waals surface area contributed by atoms with Crippen LogP contribution >= 0.6 is 0 Å². The second-order valence-corrected chi connectivity index (χ2v) is 8.71. The number of hydrogen-bond acceptors (Lipinski definition) is 5. The van der Waals surface area contributed by atoms with E-state index in [4.69, 9.17) is 4.74 Å². The molecule has 1 saturated heterocycles. The lowest BCUT2D eigenvalue weighted by molar-refractivity contribution is -0.140. The molecule has 8 nitrogen and oxygen atoms in total. The van der Waals surface area contributed by atoms with Crippen LogP contribution in [0.15, 0.2) is 47.5 Å². The number of amides is 1. The Morgan fingerprint density at radius 1 is 1.22 bits per heavy atom. The molecule has 3 aromatic heterocycles. The number of fused-ring (bicyclic) bond motifs is 3. The van der Waals surface area contributed by atoms with Gasteiger partial charge in [0.15, 0.2) is 6.23 Å². The fraction of sp³-hybridized carbons (Fsp3) is 0.360. The highest BCUT2D eigenvalue weighted by atomic mass is 19.4. The van der Waals surface area contributed by atoms with E-state index in [2.05, 4.69) is 15.4 Å².